The molecule has 0 amide bonds. The first-order valence-corrected chi connectivity index (χ1v) is 7.92. The highest BCUT2D eigenvalue weighted by molar-refractivity contribution is 8.00. The summed E-state index contributed by atoms with van der Waals surface area (Å²) in [5, 5.41) is 0.324. The number of thioether (sulfide) groups is 1. The Balaban J connectivity index is 2.01. The lowest BCUT2D eigenvalue weighted by Gasteiger charge is -2.14. The average molecular weight is 294 g/mol. The minimum absolute atomic E-state index is 0.229. The van der Waals surface area contributed by atoms with Crippen molar-refractivity contribution in [1.82, 2.24) is 0 Å². The van der Waals surface area contributed by atoms with Gasteiger partial charge in [-0.2, -0.15) is 0 Å². The van der Waals surface area contributed by atoms with Crippen LogP contribution in [0.15, 0.2) is 17.0 Å². The molecular weight excluding hydrogens is 272 g/mol. The molecule has 1 aromatic carbocycles. The number of rotatable bonds is 4. The first-order chi connectivity index (χ1) is 9.51. The Morgan fingerprint density at radius 3 is 2.60 bits per heavy atom. The lowest BCUT2D eigenvalue weighted by Crippen LogP contribution is -2.22. The van der Waals surface area contributed by atoms with Gasteiger partial charge in [0.1, 0.15) is 0 Å². The topological polar surface area (TPSA) is 35.5 Å². The summed E-state index contributed by atoms with van der Waals surface area (Å²) < 4.78 is 10.6. The maximum absolute atomic E-state index is 11.7. The molecule has 3 nitrogen and oxygen atoms in total. The summed E-state index contributed by atoms with van der Waals surface area (Å²) in [7, 11) is 0. The minimum Gasteiger partial charge on any atom is -0.464 e. The molecule has 0 bridgehead atoms. The molecule has 0 spiro atoms. The number of hydrogen-bond acceptors (Lipinski definition) is 4. The Labute approximate surface area is 125 Å². The second-order valence-electron chi connectivity index (χ2n) is 5.28. The molecule has 0 unspecified atom stereocenters. The predicted molar refractivity (Wildman–Crippen MR) is 81.3 cm³/mol. The van der Waals surface area contributed by atoms with Gasteiger partial charge < -0.3 is 9.47 Å². The zero-order chi connectivity index (χ0) is 14.7. The molecule has 0 N–H and O–H groups in total. The molecule has 110 valence electrons. The van der Waals surface area contributed by atoms with Gasteiger partial charge >= 0.3 is 5.97 Å². The van der Waals surface area contributed by atoms with E-state index in [1.807, 2.05) is 18.7 Å². The zero-order valence-electron chi connectivity index (χ0n) is 12.6. The molecule has 1 aliphatic heterocycles. The molecule has 0 aliphatic carbocycles. The largest absolute Gasteiger partial charge is 0.464 e. The van der Waals surface area contributed by atoms with E-state index in [9.17, 15) is 4.79 Å². The Morgan fingerprint density at radius 2 is 2.00 bits per heavy atom. The van der Waals surface area contributed by atoms with Gasteiger partial charge in [0.05, 0.1) is 13.2 Å². The van der Waals surface area contributed by atoms with Crippen molar-refractivity contribution < 1.29 is 14.3 Å². The molecule has 1 aromatic rings. The molecule has 1 fully saturated rings. The maximum atomic E-state index is 11.7. The van der Waals surface area contributed by atoms with Gasteiger partial charge in [0.2, 0.25) is 0 Å². The number of benzene rings is 1. The van der Waals surface area contributed by atoms with Crippen LogP contribution in [0.1, 0.15) is 30.0 Å². The van der Waals surface area contributed by atoms with Crippen LogP contribution in [0.2, 0.25) is 0 Å². The van der Waals surface area contributed by atoms with Gasteiger partial charge in [-0.25, -0.2) is 4.79 Å². The van der Waals surface area contributed by atoms with E-state index in [4.69, 9.17) is 9.47 Å². The number of carbonyl (C=O) groups excluding carboxylic acids is 1. The molecule has 0 aromatic heterocycles. The van der Waals surface area contributed by atoms with Crippen LogP contribution in [0.3, 0.4) is 0 Å². The van der Waals surface area contributed by atoms with Crippen LogP contribution in [0.25, 0.3) is 0 Å². The Bertz CT molecular complexity index is 475. The van der Waals surface area contributed by atoms with E-state index >= 15 is 0 Å². The molecule has 2 atom stereocenters. The SMILES string of the molecule is CCOC(=O)[C@@H]1C[C@H](Sc2c(C)cc(C)cc2C)CO1. The van der Waals surface area contributed by atoms with Crippen molar-refractivity contribution in [2.75, 3.05) is 13.2 Å². The second kappa shape index (κ2) is 6.64. The predicted octanol–water partition coefficient (Wildman–Crippen LogP) is 3.42. The molecule has 4 heteroatoms. The fourth-order valence-corrected chi connectivity index (χ4v) is 3.84. The minimum atomic E-state index is -0.390. The third-order valence-corrected chi connectivity index (χ3v) is 4.94. The Kier molecular flexibility index (Phi) is 5.11. The summed E-state index contributed by atoms with van der Waals surface area (Å²) in [6.45, 7) is 9.23. The fraction of sp³-hybridized carbons (Fsp3) is 0.562. The van der Waals surface area contributed by atoms with E-state index in [0.717, 1.165) is 6.42 Å². The van der Waals surface area contributed by atoms with Crippen molar-refractivity contribution in [3.8, 4) is 0 Å². The standard InChI is InChI=1S/C16H22O3S/c1-5-18-16(17)14-8-13(9-19-14)20-15-11(3)6-10(2)7-12(15)4/h6-7,13-14H,5,8-9H2,1-4H3/t13-,14-/m0/s1. The molecule has 1 aliphatic rings. The molecular formula is C16H22O3S. The van der Waals surface area contributed by atoms with Crippen LogP contribution in [0.5, 0.6) is 0 Å². The van der Waals surface area contributed by atoms with E-state index < -0.39 is 6.10 Å². The van der Waals surface area contributed by atoms with Gasteiger partial charge in [-0.1, -0.05) is 17.7 Å². The smallest absolute Gasteiger partial charge is 0.335 e. The van der Waals surface area contributed by atoms with Crippen molar-refractivity contribution in [3.05, 3.63) is 28.8 Å². The lowest BCUT2D eigenvalue weighted by atomic mass is 10.1. The van der Waals surface area contributed by atoms with Crippen molar-refractivity contribution in [2.45, 2.75) is 50.4 Å². The summed E-state index contributed by atoms with van der Waals surface area (Å²) in [4.78, 5) is 13.0. The fourth-order valence-electron chi connectivity index (χ4n) is 2.60. The molecule has 2 rings (SSSR count). The summed E-state index contributed by atoms with van der Waals surface area (Å²) >= 11 is 1.82. The van der Waals surface area contributed by atoms with Crippen LogP contribution in [-0.4, -0.2) is 30.5 Å². The third-order valence-electron chi connectivity index (χ3n) is 3.40. The van der Waals surface area contributed by atoms with E-state index in [0.29, 0.717) is 18.5 Å². The first kappa shape index (κ1) is 15.4. The highest BCUT2D eigenvalue weighted by atomic mass is 32.2. The highest BCUT2D eigenvalue weighted by Crippen LogP contribution is 2.35. The van der Waals surface area contributed by atoms with Gasteiger partial charge in [0, 0.05) is 10.1 Å². The van der Waals surface area contributed by atoms with Gasteiger partial charge in [0.25, 0.3) is 0 Å². The highest BCUT2D eigenvalue weighted by Gasteiger charge is 2.32. The number of esters is 1. The Hall–Kier alpha value is -1.00. The van der Waals surface area contributed by atoms with E-state index in [1.54, 1.807) is 0 Å². The van der Waals surface area contributed by atoms with Crippen molar-refractivity contribution in [3.63, 3.8) is 0 Å². The van der Waals surface area contributed by atoms with Crippen LogP contribution < -0.4 is 0 Å². The normalized spacial score (nSPS) is 22.0. The second-order valence-corrected chi connectivity index (χ2v) is 6.59. The van der Waals surface area contributed by atoms with E-state index in [2.05, 4.69) is 32.9 Å². The van der Waals surface area contributed by atoms with E-state index in [-0.39, 0.29) is 5.97 Å². The summed E-state index contributed by atoms with van der Waals surface area (Å²) in [6.07, 6.45) is 0.342. The molecule has 0 radical (unpaired) electrons. The quantitative estimate of drug-likeness (QED) is 0.797. The number of hydrogen-bond donors (Lipinski definition) is 0. The van der Waals surface area contributed by atoms with Crippen LogP contribution in [-0.2, 0) is 14.3 Å². The van der Waals surface area contributed by atoms with E-state index in [1.165, 1.54) is 21.6 Å². The molecule has 1 heterocycles. The third kappa shape index (κ3) is 3.55. The monoisotopic (exact) mass is 294 g/mol. The molecule has 20 heavy (non-hydrogen) atoms. The number of ether oxygens (including phenoxy) is 2. The summed E-state index contributed by atoms with van der Waals surface area (Å²) in [5.74, 6) is -0.229. The van der Waals surface area contributed by atoms with Crippen molar-refractivity contribution in [1.29, 1.82) is 0 Å². The van der Waals surface area contributed by atoms with Crippen LogP contribution in [0, 0.1) is 20.8 Å². The molecule has 1 saturated heterocycles. The van der Waals surface area contributed by atoms with Gasteiger partial charge in [-0.3, -0.25) is 0 Å². The van der Waals surface area contributed by atoms with Gasteiger partial charge in [0.15, 0.2) is 6.10 Å². The molecule has 0 saturated carbocycles. The summed E-state index contributed by atoms with van der Waals surface area (Å²) in [5.41, 5.74) is 3.88. The van der Waals surface area contributed by atoms with Gasteiger partial charge in [-0.05, 0) is 45.2 Å². The number of aryl methyl sites for hydroxylation is 3. The lowest BCUT2D eigenvalue weighted by molar-refractivity contribution is -0.153. The first-order valence-electron chi connectivity index (χ1n) is 7.04. The zero-order valence-corrected chi connectivity index (χ0v) is 13.4. The van der Waals surface area contributed by atoms with Crippen LogP contribution >= 0.6 is 11.8 Å². The average Bonchev–Trinajstić information content (AvgIpc) is 2.82. The van der Waals surface area contributed by atoms with Crippen LogP contribution in [0.4, 0.5) is 0 Å². The number of carbonyl (C=O) groups is 1. The van der Waals surface area contributed by atoms with Crippen molar-refractivity contribution >= 4 is 17.7 Å². The summed E-state index contributed by atoms with van der Waals surface area (Å²) in [6, 6.07) is 4.40. The van der Waals surface area contributed by atoms with Crippen molar-refractivity contribution in [2.24, 2.45) is 0 Å². The maximum Gasteiger partial charge on any atom is 0.335 e. The van der Waals surface area contributed by atoms with Gasteiger partial charge in [-0.15, -0.1) is 11.8 Å². The Morgan fingerprint density at radius 1 is 1.35 bits per heavy atom.